The van der Waals surface area contributed by atoms with E-state index in [1.807, 2.05) is 23.4 Å². The fraction of sp³-hybridized carbons (Fsp3) is 0.562. The summed E-state index contributed by atoms with van der Waals surface area (Å²) >= 11 is 1.48. The molecule has 21 heavy (non-hydrogen) atoms. The van der Waals surface area contributed by atoms with Crippen molar-refractivity contribution in [2.45, 2.75) is 25.3 Å². The van der Waals surface area contributed by atoms with Gasteiger partial charge in [0.2, 0.25) is 0 Å². The molecule has 0 aliphatic carbocycles. The van der Waals surface area contributed by atoms with Gasteiger partial charge in [-0.25, -0.2) is 0 Å². The highest BCUT2D eigenvalue weighted by Gasteiger charge is 2.25. The quantitative estimate of drug-likeness (QED) is 0.864. The molecule has 2 heterocycles. The lowest BCUT2D eigenvalue weighted by Gasteiger charge is -2.35. The third kappa shape index (κ3) is 4.31. The normalized spacial score (nSPS) is 18.9. The van der Waals surface area contributed by atoms with Crippen LogP contribution >= 0.6 is 11.3 Å². The van der Waals surface area contributed by atoms with E-state index in [4.69, 9.17) is 5.11 Å². The second-order valence-electron chi connectivity index (χ2n) is 5.45. The van der Waals surface area contributed by atoms with Gasteiger partial charge >= 0.3 is 0 Å². The van der Waals surface area contributed by atoms with Crippen molar-refractivity contribution < 1.29 is 9.90 Å². The number of thiophene rings is 1. The topological polar surface area (TPSA) is 43.8 Å². The molecule has 1 amide bonds. The number of hydrogen-bond donors (Lipinski definition) is 1. The third-order valence-corrected chi connectivity index (χ3v) is 4.61. The minimum absolute atomic E-state index is 0.0711. The number of aliphatic hydroxyl groups is 1. The molecule has 0 spiro atoms. The highest BCUT2D eigenvalue weighted by Crippen LogP contribution is 2.19. The smallest absolute Gasteiger partial charge is 0.254 e. The average molecular weight is 306 g/mol. The second-order valence-corrected chi connectivity index (χ2v) is 6.36. The Balaban J connectivity index is 2.01. The molecule has 1 saturated heterocycles. The molecule has 0 bridgehead atoms. The molecule has 5 heteroatoms. The maximum atomic E-state index is 12.5. The van der Waals surface area contributed by atoms with Crippen LogP contribution in [0.2, 0.25) is 0 Å². The Morgan fingerprint density at radius 1 is 1.62 bits per heavy atom. The van der Waals surface area contributed by atoms with Gasteiger partial charge in [-0.2, -0.15) is 0 Å². The maximum absolute atomic E-state index is 12.5. The van der Waals surface area contributed by atoms with Gasteiger partial charge in [0.15, 0.2) is 0 Å². The number of likely N-dealkylation sites (N-methyl/N-ethyl adjacent to an activating group) is 2. The van der Waals surface area contributed by atoms with Crippen molar-refractivity contribution in [2.75, 3.05) is 33.8 Å². The molecular formula is C16H22N2O2S. The van der Waals surface area contributed by atoms with Crippen molar-refractivity contribution in [3.05, 3.63) is 21.9 Å². The van der Waals surface area contributed by atoms with E-state index in [0.717, 1.165) is 30.8 Å². The first-order valence-corrected chi connectivity index (χ1v) is 8.13. The zero-order valence-electron chi connectivity index (χ0n) is 12.6. The number of rotatable bonds is 3. The summed E-state index contributed by atoms with van der Waals surface area (Å²) in [5.41, 5.74) is 0.712. The van der Waals surface area contributed by atoms with Crippen molar-refractivity contribution in [3.63, 3.8) is 0 Å². The Labute approximate surface area is 130 Å². The predicted molar refractivity (Wildman–Crippen MR) is 85.5 cm³/mol. The molecule has 2 rings (SSSR count). The lowest BCUT2D eigenvalue weighted by atomic mass is 10.0. The van der Waals surface area contributed by atoms with Crippen molar-refractivity contribution in [3.8, 4) is 11.8 Å². The summed E-state index contributed by atoms with van der Waals surface area (Å²) in [6, 6.07) is 2.14. The molecule has 114 valence electrons. The van der Waals surface area contributed by atoms with Gasteiger partial charge in [0.1, 0.15) is 0 Å². The molecule has 1 N–H and O–H groups in total. The van der Waals surface area contributed by atoms with Crippen LogP contribution in [-0.2, 0) is 0 Å². The first kappa shape index (κ1) is 16.0. The molecule has 1 aromatic heterocycles. The number of carbonyl (C=O) groups excluding carboxylic acids is 1. The number of aliphatic hydroxyl groups excluding tert-OH is 1. The summed E-state index contributed by atoms with van der Waals surface area (Å²) in [6.07, 6.45) is 2.68. The van der Waals surface area contributed by atoms with Gasteiger partial charge < -0.3 is 14.9 Å². The predicted octanol–water partition coefficient (Wildman–Crippen LogP) is 1.65. The third-order valence-electron chi connectivity index (χ3n) is 3.76. The van der Waals surface area contributed by atoms with E-state index in [-0.39, 0.29) is 12.5 Å². The number of amides is 1. The number of hydrogen-bond acceptors (Lipinski definition) is 4. The summed E-state index contributed by atoms with van der Waals surface area (Å²) in [5, 5.41) is 10.6. The Bertz CT molecular complexity index is 544. The van der Waals surface area contributed by atoms with Crippen LogP contribution < -0.4 is 0 Å². The number of likely N-dealkylation sites (tertiary alicyclic amines) is 1. The molecule has 4 nitrogen and oxygen atoms in total. The molecule has 1 fully saturated rings. The van der Waals surface area contributed by atoms with Gasteiger partial charge in [-0.15, -0.1) is 11.3 Å². The van der Waals surface area contributed by atoms with Crippen LogP contribution in [0.3, 0.4) is 0 Å². The minimum Gasteiger partial charge on any atom is -0.395 e. The van der Waals surface area contributed by atoms with Gasteiger partial charge in [0, 0.05) is 31.4 Å². The van der Waals surface area contributed by atoms with E-state index in [2.05, 4.69) is 23.8 Å². The summed E-state index contributed by atoms with van der Waals surface area (Å²) < 4.78 is 0. The molecule has 0 saturated carbocycles. The fourth-order valence-corrected chi connectivity index (χ4v) is 3.29. The van der Waals surface area contributed by atoms with E-state index >= 15 is 0 Å². The molecule has 0 radical (unpaired) electrons. The van der Waals surface area contributed by atoms with Gasteiger partial charge in [-0.05, 0) is 32.5 Å². The fourth-order valence-electron chi connectivity index (χ4n) is 2.54. The summed E-state index contributed by atoms with van der Waals surface area (Å²) in [6.45, 7) is 2.12. The van der Waals surface area contributed by atoms with Crippen molar-refractivity contribution in [1.82, 2.24) is 9.80 Å². The van der Waals surface area contributed by atoms with E-state index in [1.165, 1.54) is 11.3 Å². The average Bonchev–Trinajstić information content (AvgIpc) is 2.95. The van der Waals surface area contributed by atoms with Crippen LogP contribution in [0.5, 0.6) is 0 Å². The maximum Gasteiger partial charge on any atom is 0.254 e. The zero-order valence-corrected chi connectivity index (χ0v) is 13.4. The Morgan fingerprint density at radius 3 is 3.14 bits per heavy atom. The first-order valence-electron chi connectivity index (χ1n) is 7.25. The molecular weight excluding hydrogens is 284 g/mol. The van der Waals surface area contributed by atoms with Crippen LogP contribution in [0, 0.1) is 11.8 Å². The van der Waals surface area contributed by atoms with E-state index in [9.17, 15) is 4.79 Å². The van der Waals surface area contributed by atoms with E-state index in [1.54, 1.807) is 0 Å². The molecule has 1 aliphatic rings. The van der Waals surface area contributed by atoms with E-state index < -0.39 is 0 Å². The van der Waals surface area contributed by atoms with Crippen molar-refractivity contribution in [1.29, 1.82) is 0 Å². The van der Waals surface area contributed by atoms with Gasteiger partial charge in [-0.1, -0.05) is 11.8 Å². The largest absolute Gasteiger partial charge is 0.395 e. The second kappa shape index (κ2) is 7.60. The summed E-state index contributed by atoms with van der Waals surface area (Å²) in [5.74, 6) is 5.93. The van der Waals surface area contributed by atoms with Crippen LogP contribution in [0.15, 0.2) is 11.4 Å². The standard InChI is InChI=1S/C16H22N2O2S/c1-17-8-5-6-14(11-17)18(2)16(20)13-10-15(21-12-13)7-3-4-9-19/h10,12,14,19H,4-6,8-9,11H2,1-2H3. The van der Waals surface area contributed by atoms with Crippen molar-refractivity contribution >= 4 is 17.2 Å². The van der Waals surface area contributed by atoms with Gasteiger partial charge in [-0.3, -0.25) is 4.79 Å². The molecule has 1 aromatic rings. The SMILES string of the molecule is CN1CCCC(N(C)C(=O)c2csc(C#CCCO)c2)C1. The Morgan fingerprint density at radius 2 is 2.43 bits per heavy atom. The molecule has 0 aromatic carbocycles. The zero-order chi connectivity index (χ0) is 15.2. The highest BCUT2D eigenvalue weighted by molar-refractivity contribution is 7.10. The number of piperidine rings is 1. The Hall–Kier alpha value is -1.35. The number of nitrogens with zero attached hydrogens (tertiary/aromatic N) is 2. The first-order chi connectivity index (χ1) is 10.1. The van der Waals surface area contributed by atoms with Crippen LogP contribution in [0.1, 0.15) is 34.5 Å². The monoisotopic (exact) mass is 306 g/mol. The lowest BCUT2D eigenvalue weighted by molar-refractivity contribution is 0.0644. The Kier molecular flexibility index (Phi) is 5.80. The highest BCUT2D eigenvalue weighted by atomic mass is 32.1. The van der Waals surface area contributed by atoms with E-state index in [0.29, 0.717) is 18.0 Å². The van der Waals surface area contributed by atoms with Crippen molar-refractivity contribution in [2.24, 2.45) is 0 Å². The van der Waals surface area contributed by atoms with Crippen LogP contribution in [0.4, 0.5) is 0 Å². The molecule has 1 atom stereocenters. The number of carbonyl (C=O) groups is 1. The molecule has 1 aliphatic heterocycles. The van der Waals surface area contributed by atoms with Gasteiger partial charge in [0.25, 0.3) is 5.91 Å². The van der Waals surface area contributed by atoms with Gasteiger partial charge in [0.05, 0.1) is 17.0 Å². The van der Waals surface area contributed by atoms with Crippen LogP contribution in [-0.4, -0.2) is 60.6 Å². The summed E-state index contributed by atoms with van der Waals surface area (Å²) in [4.78, 5) is 17.5. The molecule has 1 unspecified atom stereocenters. The summed E-state index contributed by atoms with van der Waals surface area (Å²) in [7, 11) is 3.99. The lowest BCUT2D eigenvalue weighted by Crippen LogP contribution is -2.47. The van der Waals surface area contributed by atoms with Crippen LogP contribution in [0.25, 0.3) is 0 Å². The minimum atomic E-state index is 0.0711.